The average Bonchev–Trinajstić information content (AvgIpc) is 3.18. The van der Waals surface area contributed by atoms with E-state index < -0.39 is 0 Å². The van der Waals surface area contributed by atoms with Crippen molar-refractivity contribution in [3.05, 3.63) is 17.5 Å². The molecule has 0 bridgehead atoms. The molecule has 1 aromatic rings. The fourth-order valence-electron chi connectivity index (χ4n) is 4.76. The molecule has 1 aromatic heterocycles. The lowest BCUT2D eigenvalue weighted by Crippen LogP contribution is -2.52. The predicted octanol–water partition coefficient (Wildman–Crippen LogP) is 3.35. The highest BCUT2D eigenvalue weighted by Crippen LogP contribution is 2.31. The summed E-state index contributed by atoms with van der Waals surface area (Å²) in [4.78, 5) is 17.9. The van der Waals surface area contributed by atoms with Gasteiger partial charge in [0, 0.05) is 31.9 Å². The Balaban J connectivity index is 1.66. The second-order valence-corrected chi connectivity index (χ2v) is 8.96. The highest BCUT2D eigenvalue weighted by atomic mass is 16.5. The number of aromatic amines is 1. The summed E-state index contributed by atoms with van der Waals surface area (Å²) in [5.74, 6) is 1.25. The summed E-state index contributed by atoms with van der Waals surface area (Å²) in [6.45, 7) is 8.90. The molecular weight excluding hydrogens is 352 g/mol. The summed E-state index contributed by atoms with van der Waals surface area (Å²) in [5.41, 5.74) is 1.60. The van der Waals surface area contributed by atoms with Crippen LogP contribution in [0.4, 0.5) is 0 Å². The maximum atomic E-state index is 13.2. The van der Waals surface area contributed by atoms with Gasteiger partial charge in [-0.15, -0.1) is 0 Å². The van der Waals surface area contributed by atoms with Gasteiger partial charge in [-0.05, 0) is 69.5 Å². The average molecular weight is 391 g/mol. The summed E-state index contributed by atoms with van der Waals surface area (Å²) < 4.78 is 5.29. The number of aryl methyl sites for hydroxylation is 1. The van der Waals surface area contributed by atoms with Gasteiger partial charge in [-0.25, -0.2) is 0 Å². The molecule has 2 saturated heterocycles. The first-order chi connectivity index (χ1) is 13.6. The lowest BCUT2D eigenvalue weighted by Gasteiger charge is -2.45. The Morgan fingerprint density at radius 3 is 2.93 bits per heavy atom. The number of nitrogens with one attached hydrogen (secondary N) is 1. The van der Waals surface area contributed by atoms with Crippen LogP contribution in [0.1, 0.15) is 68.6 Å². The first-order valence-corrected chi connectivity index (χ1v) is 11.1. The number of ether oxygens (including phenoxy) is 1. The lowest BCUT2D eigenvalue weighted by molar-refractivity contribution is 0.0313. The number of carbonyl (C=O) groups excluding carboxylic acids is 1. The Labute approximate surface area is 170 Å². The molecule has 0 aliphatic carbocycles. The van der Waals surface area contributed by atoms with E-state index in [2.05, 4.69) is 28.9 Å². The number of nitrogens with zero attached hydrogens (tertiary/aromatic N) is 3. The van der Waals surface area contributed by atoms with Gasteiger partial charge in [0.25, 0.3) is 5.91 Å². The van der Waals surface area contributed by atoms with Crippen LogP contribution in [-0.4, -0.2) is 71.8 Å². The van der Waals surface area contributed by atoms with E-state index in [4.69, 9.17) is 4.74 Å². The number of piperidine rings is 2. The third-order valence-electron chi connectivity index (χ3n) is 6.38. The van der Waals surface area contributed by atoms with Gasteiger partial charge in [-0.2, -0.15) is 5.10 Å². The van der Waals surface area contributed by atoms with Crippen LogP contribution in [0.5, 0.6) is 0 Å². The fraction of sp³-hybridized carbons (Fsp3) is 0.818. The van der Waals surface area contributed by atoms with E-state index in [9.17, 15) is 4.79 Å². The van der Waals surface area contributed by atoms with Crippen molar-refractivity contribution in [1.29, 1.82) is 0 Å². The normalized spacial score (nSPS) is 23.0. The molecule has 1 N–H and O–H groups in total. The summed E-state index contributed by atoms with van der Waals surface area (Å²) >= 11 is 0. The maximum Gasteiger partial charge on any atom is 0.274 e. The second-order valence-electron chi connectivity index (χ2n) is 8.96. The first-order valence-electron chi connectivity index (χ1n) is 11.1. The van der Waals surface area contributed by atoms with Crippen molar-refractivity contribution < 1.29 is 9.53 Å². The number of aromatic nitrogens is 2. The molecule has 2 aliphatic heterocycles. The number of amides is 1. The Kier molecular flexibility index (Phi) is 7.91. The van der Waals surface area contributed by atoms with Crippen LogP contribution < -0.4 is 0 Å². The molecule has 3 heterocycles. The molecule has 0 saturated carbocycles. The van der Waals surface area contributed by atoms with Crippen molar-refractivity contribution in [2.24, 2.45) is 11.8 Å². The van der Waals surface area contributed by atoms with Gasteiger partial charge in [-0.3, -0.25) is 9.89 Å². The van der Waals surface area contributed by atoms with E-state index in [1.165, 1.54) is 45.2 Å². The number of carbonyl (C=O) groups is 1. The van der Waals surface area contributed by atoms with Crippen LogP contribution in [0.15, 0.2) is 6.07 Å². The Bertz CT molecular complexity index is 613. The molecule has 3 rings (SSSR count). The van der Waals surface area contributed by atoms with E-state index in [0.717, 1.165) is 25.1 Å². The van der Waals surface area contributed by atoms with Crippen molar-refractivity contribution in [2.45, 2.75) is 64.8 Å². The Morgan fingerprint density at radius 2 is 2.14 bits per heavy atom. The van der Waals surface area contributed by atoms with E-state index in [1.807, 2.05) is 11.0 Å². The summed E-state index contributed by atoms with van der Waals surface area (Å²) in [7, 11) is 1.70. The first kappa shape index (κ1) is 21.3. The van der Waals surface area contributed by atoms with Crippen LogP contribution in [0.25, 0.3) is 0 Å². The zero-order valence-corrected chi connectivity index (χ0v) is 18.0. The van der Waals surface area contributed by atoms with Crippen LogP contribution >= 0.6 is 0 Å². The number of methoxy groups -OCH3 is 1. The van der Waals surface area contributed by atoms with Crippen molar-refractivity contribution >= 4 is 5.91 Å². The molecule has 0 spiro atoms. The summed E-state index contributed by atoms with van der Waals surface area (Å²) in [5, 5.41) is 7.40. The van der Waals surface area contributed by atoms with Gasteiger partial charge in [0.05, 0.1) is 6.61 Å². The maximum absolute atomic E-state index is 13.2. The topological polar surface area (TPSA) is 61.5 Å². The largest absolute Gasteiger partial charge is 0.383 e. The molecule has 1 amide bonds. The molecule has 158 valence electrons. The zero-order valence-electron chi connectivity index (χ0n) is 18.0. The standard InChI is InChI=1S/C22H38N4O2/c1-17(2)9-10-19-15-20(24-23-19)22(27)26(13-14-28-3)16-18-7-6-12-25-11-5-4-8-21(18)25/h15,17-18,21H,4-14,16H2,1-3H3,(H,23,24)/t18-,21+/m1/s1. The van der Waals surface area contributed by atoms with Crippen molar-refractivity contribution in [1.82, 2.24) is 20.0 Å². The van der Waals surface area contributed by atoms with Gasteiger partial charge >= 0.3 is 0 Å². The molecule has 0 unspecified atom stereocenters. The van der Waals surface area contributed by atoms with Crippen LogP contribution in [-0.2, 0) is 11.2 Å². The fourth-order valence-corrected chi connectivity index (χ4v) is 4.76. The van der Waals surface area contributed by atoms with E-state index in [1.54, 1.807) is 7.11 Å². The van der Waals surface area contributed by atoms with Crippen LogP contribution in [0, 0.1) is 11.8 Å². The van der Waals surface area contributed by atoms with Crippen LogP contribution in [0.2, 0.25) is 0 Å². The highest BCUT2D eigenvalue weighted by Gasteiger charge is 2.35. The molecule has 6 heteroatoms. The number of H-pyrrole nitrogens is 1. The van der Waals surface area contributed by atoms with Gasteiger partial charge in [-0.1, -0.05) is 20.3 Å². The van der Waals surface area contributed by atoms with E-state index >= 15 is 0 Å². The van der Waals surface area contributed by atoms with Crippen molar-refractivity contribution in [3.63, 3.8) is 0 Å². The SMILES string of the molecule is COCCN(C[C@H]1CCCN2CCCC[C@@H]12)C(=O)c1cc(CCC(C)C)[nH]n1. The zero-order chi connectivity index (χ0) is 19.9. The van der Waals surface area contributed by atoms with Gasteiger partial charge in [0.1, 0.15) is 5.69 Å². The third-order valence-corrected chi connectivity index (χ3v) is 6.38. The minimum atomic E-state index is 0.0389. The van der Waals surface area contributed by atoms with Gasteiger partial charge in [0.15, 0.2) is 0 Å². The van der Waals surface area contributed by atoms with Crippen molar-refractivity contribution in [3.8, 4) is 0 Å². The highest BCUT2D eigenvalue weighted by molar-refractivity contribution is 5.92. The lowest BCUT2D eigenvalue weighted by atomic mass is 9.83. The van der Waals surface area contributed by atoms with Gasteiger partial charge in [0.2, 0.25) is 0 Å². The molecule has 0 aromatic carbocycles. The van der Waals surface area contributed by atoms with Crippen LogP contribution in [0.3, 0.4) is 0 Å². The quantitative estimate of drug-likeness (QED) is 0.702. The van der Waals surface area contributed by atoms with E-state index in [0.29, 0.717) is 36.7 Å². The molecule has 2 aliphatic rings. The molecule has 2 fully saturated rings. The molecular formula is C22H38N4O2. The van der Waals surface area contributed by atoms with Crippen molar-refractivity contribution in [2.75, 3.05) is 39.9 Å². The molecule has 2 atom stereocenters. The third kappa shape index (κ3) is 5.57. The molecule has 6 nitrogen and oxygen atoms in total. The summed E-state index contributed by atoms with van der Waals surface area (Å²) in [6.07, 6.45) is 8.43. The Hall–Kier alpha value is -1.40. The predicted molar refractivity (Wildman–Crippen MR) is 111 cm³/mol. The minimum Gasteiger partial charge on any atom is -0.383 e. The minimum absolute atomic E-state index is 0.0389. The number of hydrogen-bond donors (Lipinski definition) is 1. The van der Waals surface area contributed by atoms with Gasteiger partial charge < -0.3 is 14.5 Å². The monoisotopic (exact) mass is 390 g/mol. The van der Waals surface area contributed by atoms with E-state index in [-0.39, 0.29) is 5.91 Å². The summed E-state index contributed by atoms with van der Waals surface area (Å²) in [6, 6.07) is 2.58. The number of hydrogen-bond acceptors (Lipinski definition) is 4. The Morgan fingerprint density at radius 1 is 1.32 bits per heavy atom. The second kappa shape index (κ2) is 10.4. The molecule has 0 radical (unpaired) electrons. The molecule has 28 heavy (non-hydrogen) atoms. The number of fused-ring (bicyclic) bond motifs is 1. The number of rotatable bonds is 9. The smallest absolute Gasteiger partial charge is 0.274 e.